The zero-order valence-corrected chi connectivity index (χ0v) is 14.6. The molecule has 0 saturated carbocycles. The molecule has 25 heavy (non-hydrogen) atoms. The second-order valence-electron chi connectivity index (χ2n) is 7.03. The summed E-state index contributed by atoms with van der Waals surface area (Å²) in [5.74, 6) is 1.98. The monoisotopic (exact) mass is 330 g/mol. The fourth-order valence-corrected chi connectivity index (χ4v) is 3.51. The van der Waals surface area contributed by atoms with Crippen LogP contribution in [0.4, 0.5) is 0 Å². The standard InChI is InChI=1S/C23H22O2/c1-15(2)21-9-8-19-11-18(7-10-22(19)21)20-12-23(25-14-20)17-5-3-16(13-24)4-6-17/h3-12,14-15,21,24H,13H2,1-2H3. The van der Waals surface area contributed by atoms with Crippen LogP contribution in [0.25, 0.3) is 28.5 Å². The van der Waals surface area contributed by atoms with Gasteiger partial charge in [-0.1, -0.05) is 62.4 Å². The minimum atomic E-state index is 0.0592. The van der Waals surface area contributed by atoms with Gasteiger partial charge in [0.1, 0.15) is 5.76 Å². The zero-order chi connectivity index (χ0) is 17.4. The Morgan fingerprint density at radius 2 is 1.72 bits per heavy atom. The van der Waals surface area contributed by atoms with Crippen LogP contribution in [0.3, 0.4) is 0 Å². The molecule has 126 valence electrons. The number of fused-ring (bicyclic) bond motifs is 1. The molecule has 0 saturated heterocycles. The molecule has 3 aromatic rings. The van der Waals surface area contributed by atoms with E-state index in [9.17, 15) is 0 Å². The van der Waals surface area contributed by atoms with Gasteiger partial charge in [0.25, 0.3) is 0 Å². The summed E-state index contributed by atoms with van der Waals surface area (Å²) < 4.78 is 5.78. The summed E-state index contributed by atoms with van der Waals surface area (Å²) in [6.07, 6.45) is 6.36. The lowest BCUT2D eigenvalue weighted by Gasteiger charge is -2.15. The van der Waals surface area contributed by atoms with Crippen molar-refractivity contribution in [1.82, 2.24) is 0 Å². The smallest absolute Gasteiger partial charge is 0.134 e. The molecule has 0 aliphatic heterocycles. The van der Waals surface area contributed by atoms with Gasteiger partial charge in [0.15, 0.2) is 0 Å². The van der Waals surface area contributed by atoms with Gasteiger partial charge in [0.05, 0.1) is 12.9 Å². The van der Waals surface area contributed by atoms with Gasteiger partial charge in [-0.05, 0) is 40.3 Å². The SMILES string of the molecule is CC(C)C1C=Cc2cc(-c3coc(-c4ccc(CO)cc4)c3)ccc21. The van der Waals surface area contributed by atoms with E-state index in [2.05, 4.69) is 50.3 Å². The Morgan fingerprint density at radius 3 is 2.44 bits per heavy atom. The largest absolute Gasteiger partial charge is 0.464 e. The lowest BCUT2D eigenvalue weighted by atomic mass is 9.89. The summed E-state index contributed by atoms with van der Waals surface area (Å²) >= 11 is 0. The minimum Gasteiger partial charge on any atom is -0.464 e. The van der Waals surface area contributed by atoms with E-state index in [0.717, 1.165) is 22.5 Å². The molecule has 0 spiro atoms. The normalized spacial score (nSPS) is 15.8. The van der Waals surface area contributed by atoms with E-state index < -0.39 is 0 Å². The second-order valence-corrected chi connectivity index (χ2v) is 7.03. The zero-order valence-electron chi connectivity index (χ0n) is 14.6. The molecule has 2 heteroatoms. The number of furan rings is 1. The van der Waals surface area contributed by atoms with Gasteiger partial charge in [-0.3, -0.25) is 0 Å². The average Bonchev–Trinajstić information content (AvgIpc) is 3.28. The predicted octanol–water partition coefficient (Wildman–Crippen LogP) is 5.87. The quantitative estimate of drug-likeness (QED) is 0.649. The summed E-state index contributed by atoms with van der Waals surface area (Å²) in [6.45, 7) is 4.59. The number of allylic oxidation sites excluding steroid dienone is 1. The Balaban J connectivity index is 1.63. The van der Waals surface area contributed by atoms with E-state index in [1.165, 1.54) is 16.7 Å². The topological polar surface area (TPSA) is 33.4 Å². The second kappa shape index (κ2) is 6.38. The van der Waals surface area contributed by atoms with E-state index >= 15 is 0 Å². The summed E-state index contributed by atoms with van der Waals surface area (Å²) in [7, 11) is 0. The van der Waals surface area contributed by atoms with Crippen LogP contribution in [-0.2, 0) is 6.61 Å². The third kappa shape index (κ3) is 2.94. The van der Waals surface area contributed by atoms with Crippen molar-refractivity contribution in [3.8, 4) is 22.5 Å². The highest BCUT2D eigenvalue weighted by Crippen LogP contribution is 2.38. The van der Waals surface area contributed by atoms with Crippen LogP contribution in [0, 0.1) is 5.92 Å². The van der Waals surface area contributed by atoms with Crippen LogP contribution in [-0.4, -0.2) is 5.11 Å². The Labute approximate surface area is 148 Å². The molecule has 2 aromatic carbocycles. The van der Waals surface area contributed by atoms with Crippen molar-refractivity contribution in [2.24, 2.45) is 5.92 Å². The molecule has 1 unspecified atom stereocenters. The molecule has 1 aliphatic rings. The van der Waals surface area contributed by atoms with Gasteiger partial charge >= 0.3 is 0 Å². The van der Waals surface area contributed by atoms with Crippen LogP contribution in [0.15, 0.2) is 65.3 Å². The molecule has 0 bridgehead atoms. The molecule has 2 nitrogen and oxygen atoms in total. The molecule has 1 aromatic heterocycles. The van der Waals surface area contributed by atoms with Crippen molar-refractivity contribution < 1.29 is 9.52 Å². The molecule has 0 amide bonds. The van der Waals surface area contributed by atoms with Crippen molar-refractivity contribution >= 4 is 6.08 Å². The maximum absolute atomic E-state index is 9.15. The molecule has 1 heterocycles. The first-order chi connectivity index (χ1) is 12.2. The molecule has 4 rings (SSSR count). The van der Waals surface area contributed by atoms with E-state index in [-0.39, 0.29) is 6.61 Å². The van der Waals surface area contributed by atoms with Crippen molar-refractivity contribution in [3.63, 3.8) is 0 Å². The van der Waals surface area contributed by atoms with Gasteiger partial charge < -0.3 is 9.52 Å². The molecular weight excluding hydrogens is 308 g/mol. The molecule has 1 N–H and O–H groups in total. The van der Waals surface area contributed by atoms with Crippen LogP contribution in [0.1, 0.15) is 36.5 Å². The van der Waals surface area contributed by atoms with Crippen molar-refractivity contribution in [1.29, 1.82) is 0 Å². The summed E-state index contributed by atoms with van der Waals surface area (Å²) in [5, 5.41) is 9.15. The van der Waals surface area contributed by atoms with E-state index in [4.69, 9.17) is 9.52 Å². The Morgan fingerprint density at radius 1 is 0.960 bits per heavy atom. The van der Waals surface area contributed by atoms with Gasteiger partial charge in [-0.2, -0.15) is 0 Å². The van der Waals surface area contributed by atoms with Gasteiger partial charge in [-0.15, -0.1) is 0 Å². The van der Waals surface area contributed by atoms with Crippen LogP contribution in [0.2, 0.25) is 0 Å². The highest BCUT2D eigenvalue weighted by molar-refractivity contribution is 5.74. The van der Waals surface area contributed by atoms with E-state index in [1.54, 1.807) is 0 Å². The first kappa shape index (κ1) is 15.9. The van der Waals surface area contributed by atoms with Crippen LogP contribution in [0.5, 0.6) is 0 Å². The van der Waals surface area contributed by atoms with Crippen molar-refractivity contribution in [3.05, 3.63) is 77.6 Å². The first-order valence-electron chi connectivity index (χ1n) is 8.77. The number of benzene rings is 2. The summed E-state index contributed by atoms with van der Waals surface area (Å²) in [5.41, 5.74) is 6.92. The highest BCUT2D eigenvalue weighted by Gasteiger charge is 2.20. The number of rotatable bonds is 4. The first-order valence-corrected chi connectivity index (χ1v) is 8.77. The van der Waals surface area contributed by atoms with Crippen molar-refractivity contribution in [2.75, 3.05) is 0 Å². The number of hydrogen-bond donors (Lipinski definition) is 1. The van der Waals surface area contributed by atoms with E-state index in [1.807, 2.05) is 30.5 Å². The Bertz CT molecular complexity index is 914. The predicted molar refractivity (Wildman–Crippen MR) is 102 cm³/mol. The fraction of sp³-hybridized carbons (Fsp3) is 0.217. The minimum absolute atomic E-state index is 0.0592. The van der Waals surface area contributed by atoms with E-state index in [0.29, 0.717) is 11.8 Å². The Kier molecular flexibility index (Phi) is 4.06. The van der Waals surface area contributed by atoms with Crippen molar-refractivity contribution in [2.45, 2.75) is 26.4 Å². The third-order valence-corrected chi connectivity index (χ3v) is 5.00. The maximum Gasteiger partial charge on any atom is 0.134 e. The number of aliphatic hydroxyl groups is 1. The van der Waals surface area contributed by atoms with Crippen LogP contribution < -0.4 is 0 Å². The van der Waals surface area contributed by atoms with Crippen LogP contribution >= 0.6 is 0 Å². The molecule has 0 fully saturated rings. The highest BCUT2D eigenvalue weighted by atomic mass is 16.3. The average molecular weight is 330 g/mol. The van der Waals surface area contributed by atoms with Gasteiger partial charge in [0, 0.05) is 17.0 Å². The number of hydrogen-bond acceptors (Lipinski definition) is 2. The summed E-state index contributed by atoms with van der Waals surface area (Å²) in [4.78, 5) is 0. The molecule has 0 radical (unpaired) electrons. The molecule has 1 aliphatic carbocycles. The molecule has 1 atom stereocenters. The summed E-state index contributed by atoms with van der Waals surface area (Å²) in [6, 6.07) is 16.6. The van der Waals surface area contributed by atoms with Gasteiger partial charge in [0.2, 0.25) is 0 Å². The van der Waals surface area contributed by atoms with Gasteiger partial charge in [-0.25, -0.2) is 0 Å². The maximum atomic E-state index is 9.15. The molecular formula is C23H22O2. The Hall–Kier alpha value is -2.58. The lowest BCUT2D eigenvalue weighted by Crippen LogP contribution is -2.01. The third-order valence-electron chi connectivity index (χ3n) is 5.00. The number of aliphatic hydroxyl groups excluding tert-OH is 1. The fourth-order valence-electron chi connectivity index (χ4n) is 3.51. The lowest BCUT2D eigenvalue weighted by molar-refractivity contribution is 0.282.